The van der Waals surface area contributed by atoms with Crippen molar-refractivity contribution in [1.82, 2.24) is 5.32 Å². The summed E-state index contributed by atoms with van der Waals surface area (Å²) in [4.78, 5) is 12.2. The minimum atomic E-state index is -0.423. The first kappa shape index (κ1) is 20.7. The quantitative estimate of drug-likeness (QED) is 0.478. The molecule has 1 aliphatic rings. The van der Waals surface area contributed by atoms with Gasteiger partial charge in [-0.15, -0.1) is 0 Å². The molecule has 0 radical (unpaired) electrons. The highest BCUT2D eigenvalue weighted by molar-refractivity contribution is 6.31. The fraction of sp³-hybridized carbons (Fsp3) is 0.154. The highest BCUT2D eigenvalue weighted by Crippen LogP contribution is 2.44. The predicted octanol–water partition coefficient (Wildman–Crippen LogP) is 6.15. The molecule has 0 aliphatic heterocycles. The molecule has 0 saturated heterocycles. The molecular formula is C26H21ClN2O2. The number of nitriles is 1. The van der Waals surface area contributed by atoms with Crippen molar-refractivity contribution in [3.05, 3.63) is 100 Å². The van der Waals surface area contributed by atoms with Crippen LogP contribution in [0.15, 0.2) is 72.8 Å². The minimum absolute atomic E-state index is 0.0530. The molecule has 0 aromatic heterocycles. The fourth-order valence-corrected chi connectivity index (χ4v) is 4.02. The zero-order valence-electron chi connectivity index (χ0n) is 16.8. The lowest BCUT2D eigenvalue weighted by atomic mass is 9.98. The van der Waals surface area contributed by atoms with Gasteiger partial charge >= 0.3 is 6.09 Å². The number of fused-ring (bicyclic) bond motifs is 3. The summed E-state index contributed by atoms with van der Waals surface area (Å²) in [6, 6.07) is 23.9. The molecule has 31 heavy (non-hydrogen) atoms. The molecule has 0 bridgehead atoms. The van der Waals surface area contributed by atoms with Crippen LogP contribution in [-0.4, -0.2) is 19.2 Å². The first-order valence-corrected chi connectivity index (χ1v) is 10.5. The lowest BCUT2D eigenvalue weighted by Crippen LogP contribution is -2.26. The number of carbonyl (C=O) groups is 1. The van der Waals surface area contributed by atoms with Crippen LogP contribution in [-0.2, 0) is 4.74 Å². The molecule has 0 saturated carbocycles. The van der Waals surface area contributed by atoms with Crippen LogP contribution in [0.4, 0.5) is 4.79 Å². The highest BCUT2D eigenvalue weighted by Gasteiger charge is 2.28. The molecule has 0 heterocycles. The van der Waals surface area contributed by atoms with E-state index in [0.29, 0.717) is 30.2 Å². The van der Waals surface area contributed by atoms with E-state index in [9.17, 15) is 4.79 Å². The third kappa shape index (κ3) is 4.63. The van der Waals surface area contributed by atoms with E-state index in [1.54, 1.807) is 12.1 Å². The van der Waals surface area contributed by atoms with Crippen LogP contribution in [0.5, 0.6) is 0 Å². The van der Waals surface area contributed by atoms with Crippen molar-refractivity contribution >= 4 is 23.8 Å². The number of alkyl carbamates (subject to hydrolysis) is 1. The van der Waals surface area contributed by atoms with Gasteiger partial charge in [-0.1, -0.05) is 78.4 Å². The van der Waals surface area contributed by atoms with E-state index in [2.05, 4.69) is 35.7 Å². The largest absolute Gasteiger partial charge is 0.449 e. The third-order valence-electron chi connectivity index (χ3n) is 5.35. The maximum Gasteiger partial charge on any atom is 0.407 e. The third-order valence-corrected chi connectivity index (χ3v) is 5.67. The summed E-state index contributed by atoms with van der Waals surface area (Å²) in [5.41, 5.74) is 6.14. The lowest BCUT2D eigenvalue weighted by molar-refractivity contribution is 0.143. The van der Waals surface area contributed by atoms with Gasteiger partial charge < -0.3 is 10.1 Å². The van der Waals surface area contributed by atoms with E-state index in [4.69, 9.17) is 21.6 Å². The van der Waals surface area contributed by atoms with Gasteiger partial charge in [0.15, 0.2) is 0 Å². The summed E-state index contributed by atoms with van der Waals surface area (Å²) in [6.07, 6.45) is 4.06. The van der Waals surface area contributed by atoms with Gasteiger partial charge in [0.2, 0.25) is 0 Å². The monoisotopic (exact) mass is 428 g/mol. The first-order chi connectivity index (χ1) is 15.2. The average molecular weight is 429 g/mol. The predicted molar refractivity (Wildman–Crippen MR) is 123 cm³/mol. The van der Waals surface area contributed by atoms with E-state index in [0.717, 1.165) is 5.56 Å². The summed E-state index contributed by atoms with van der Waals surface area (Å²) in [6.45, 7) is 0.767. The molecule has 5 heteroatoms. The normalized spacial score (nSPS) is 12.3. The molecular weight excluding hydrogens is 408 g/mol. The topological polar surface area (TPSA) is 62.1 Å². The Bertz CT molecular complexity index is 1130. The molecule has 4 nitrogen and oxygen atoms in total. The number of rotatable bonds is 6. The standard InChI is InChI=1S/C26H21ClN2O2/c27-25-13-12-18(15-19(25)16-28)7-5-6-14-29-26(30)31-17-24-22-10-3-1-8-20(22)21-9-2-4-11-23(21)24/h1-5,7-13,15,24H,6,14,17H2,(H,29,30). The van der Waals surface area contributed by atoms with Crippen LogP contribution in [0.3, 0.4) is 0 Å². The van der Waals surface area contributed by atoms with E-state index < -0.39 is 6.09 Å². The van der Waals surface area contributed by atoms with Gasteiger partial charge in [0.25, 0.3) is 0 Å². The highest BCUT2D eigenvalue weighted by atomic mass is 35.5. The number of carbonyl (C=O) groups excluding carboxylic acids is 1. The van der Waals surface area contributed by atoms with Crippen molar-refractivity contribution in [2.24, 2.45) is 0 Å². The van der Waals surface area contributed by atoms with E-state index in [1.807, 2.05) is 42.5 Å². The number of benzene rings is 3. The summed E-state index contributed by atoms with van der Waals surface area (Å²) in [5, 5.41) is 12.3. The first-order valence-electron chi connectivity index (χ1n) is 10.1. The van der Waals surface area contributed by atoms with Crippen molar-refractivity contribution in [3.8, 4) is 17.2 Å². The number of halogens is 1. The summed E-state index contributed by atoms with van der Waals surface area (Å²) in [7, 11) is 0. The molecule has 154 valence electrons. The Morgan fingerprint density at radius 2 is 1.74 bits per heavy atom. The van der Waals surface area contributed by atoms with Gasteiger partial charge in [-0.3, -0.25) is 0 Å². The van der Waals surface area contributed by atoms with Gasteiger partial charge in [0.1, 0.15) is 12.7 Å². The molecule has 0 atom stereocenters. The fourth-order valence-electron chi connectivity index (χ4n) is 3.86. The molecule has 4 rings (SSSR count). The molecule has 1 aliphatic carbocycles. The average Bonchev–Trinajstić information content (AvgIpc) is 3.12. The van der Waals surface area contributed by atoms with E-state index in [-0.39, 0.29) is 5.92 Å². The molecule has 0 fully saturated rings. The van der Waals surface area contributed by atoms with Crippen molar-refractivity contribution in [1.29, 1.82) is 5.26 Å². The van der Waals surface area contributed by atoms with Gasteiger partial charge in [-0.25, -0.2) is 4.79 Å². The van der Waals surface area contributed by atoms with Gasteiger partial charge in [-0.2, -0.15) is 5.26 Å². The van der Waals surface area contributed by atoms with Crippen molar-refractivity contribution < 1.29 is 9.53 Å². The Morgan fingerprint density at radius 1 is 1.06 bits per heavy atom. The molecule has 0 unspecified atom stereocenters. The van der Waals surface area contributed by atoms with E-state index >= 15 is 0 Å². The van der Waals surface area contributed by atoms with Crippen LogP contribution in [0.25, 0.3) is 17.2 Å². The van der Waals surface area contributed by atoms with Crippen LogP contribution >= 0.6 is 11.6 Å². The maximum absolute atomic E-state index is 12.2. The van der Waals surface area contributed by atoms with Gasteiger partial charge in [-0.05, 0) is 46.4 Å². The smallest absolute Gasteiger partial charge is 0.407 e. The number of ether oxygens (including phenoxy) is 1. The Hall–Kier alpha value is -3.55. The van der Waals surface area contributed by atoms with Crippen molar-refractivity contribution in [2.75, 3.05) is 13.2 Å². The summed E-state index contributed by atoms with van der Waals surface area (Å²) >= 11 is 5.94. The minimum Gasteiger partial charge on any atom is -0.449 e. The van der Waals surface area contributed by atoms with Crippen LogP contribution < -0.4 is 5.32 Å². The SMILES string of the molecule is N#Cc1cc(C=CCCNC(=O)OCC2c3ccccc3-c3ccccc32)ccc1Cl. The summed E-state index contributed by atoms with van der Waals surface area (Å²) in [5.74, 6) is 0.0530. The zero-order valence-corrected chi connectivity index (χ0v) is 17.6. The Kier molecular flexibility index (Phi) is 6.35. The summed E-state index contributed by atoms with van der Waals surface area (Å²) < 4.78 is 5.52. The molecule has 3 aromatic carbocycles. The second-order valence-electron chi connectivity index (χ2n) is 7.29. The molecule has 1 N–H and O–H groups in total. The van der Waals surface area contributed by atoms with Crippen molar-refractivity contribution in [3.63, 3.8) is 0 Å². The van der Waals surface area contributed by atoms with Gasteiger partial charge in [0.05, 0.1) is 10.6 Å². The zero-order chi connectivity index (χ0) is 21.6. The van der Waals surface area contributed by atoms with E-state index in [1.165, 1.54) is 22.3 Å². The van der Waals surface area contributed by atoms with Crippen LogP contribution in [0.1, 0.15) is 34.6 Å². The Labute approximate surface area is 186 Å². The number of nitrogens with one attached hydrogen (secondary N) is 1. The Balaban J connectivity index is 1.27. The second kappa shape index (κ2) is 9.51. The second-order valence-corrected chi connectivity index (χ2v) is 7.70. The number of nitrogens with zero attached hydrogens (tertiary/aromatic N) is 1. The molecule has 1 amide bonds. The number of hydrogen-bond acceptors (Lipinski definition) is 3. The number of hydrogen-bond donors (Lipinski definition) is 1. The van der Waals surface area contributed by atoms with Crippen LogP contribution in [0, 0.1) is 11.3 Å². The number of amides is 1. The van der Waals surface area contributed by atoms with Crippen molar-refractivity contribution in [2.45, 2.75) is 12.3 Å². The van der Waals surface area contributed by atoms with Crippen LogP contribution in [0.2, 0.25) is 5.02 Å². The maximum atomic E-state index is 12.2. The lowest BCUT2D eigenvalue weighted by Gasteiger charge is -2.14. The molecule has 3 aromatic rings. The Morgan fingerprint density at radius 3 is 2.42 bits per heavy atom. The molecule has 0 spiro atoms. The van der Waals surface area contributed by atoms with Gasteiger partial charge in [0, 0.05) is 12.5 Å².